The monoisotopic (exact) mass is 461 g/mol. The minimum Gasteiger partial charge on any atom is -0.496 e. The molecule has 0 radical (unpaired) electrons. The van der Waals surface area contributed by atoms with Crippen LogP contribution in [0.4, 0.5) is 0 Å². The van der Waals surface area contributed by atoms with Gasteiger partial charge in [0.05, 0.1) is 13.3 Å². The molecule has 7 heteroatoms. The molecule has 1 heterocycles. The van der Waals surface area contributed by atoms with Gasteiger partial charge in [-0.3, -0.25) is 4.79 Å². The molecule has 1 atom stereocenters. The first-order valence-corrected chi connectivity index (χ1v) is 12.3. The van der Waals surface area contributed by atoms with Crippen LogP contribution in [0, 0.1) is 0 Å². The summed E-state index contributed by atoms with van der Waals surface area (Å²) in [4.78, 5) is 15.1. The highest BCUT2D eigenvalue weighted by molar-refractivity contribution is 5.94. The first kappa shape index (κ1) is 24.0. The zero-order valence-corrected chi connectivity index (χ0v) is 20.2. The van der Waals surface area contributed by atoms with Crippen LogP contribution in [0.15, 0.2) is 48.7 Å². The van der Waals surface area contributed by atoms with Gasteiger partial charge >= 0.3 is 0 Å². The number of methoxy groups -OCH3 is 1. The van der Waals surface area contributed by atoms with Crippen molar-refractivity contribution in [1.29, 1.82) is 0 Å². The number of fused-ring (bicyclic) bond motifs is 1. The number of benzene rings is 2. The fourth-order valence-corrected chi connectivity index (χ4v) is 4.90. The van der Waals surface area contributed by atoms with Crippen LogP contribution in [-0.2, 0) is 12.8 Å². The number of aromatic amines is 1. The Bertz CT molecular complexity index is 1050. The molecule has 1 aromatic heterocycles. The molecule has 1 unspecified atom stereocenters. The Labute approximate surface area is 201 Å². The van der Waals surface area contributed by atoms with Gasteiger partial charge in [-0.05, 0) is 80.9 Å². The maximum Gasteiger partial charge on any atom is 0.251 e. The Morgan fingerprint density at radius 2 is 2.03 bits per heavy atom. The predicted octanol–water partition coefficient (Wildman–Crippen LogP) is 4.26. The predicted molar refractivity (Wildman–Crippen MR) is 134 cm³/mol. The summed E-state index contributed by atoms with van der Waals surface area (Å²) in [6, 6.07) is 14.5. The molecule has 1 aliphatic carbocycles. The third-order valence-electron chi connectivity index (χ3n) is 6.68. The normalized spacial score (nSPS) is 15.2. The molecule has 0 aliphatic heterocycles. The number of hydrogen-bond donors (Lipinski definition) is 2. The van der Waals surface area contributed by atoms with Crippen LogP contribution in [0.2, 0.25) is 0 Å². The maximum atomic E-state index is 12.5. The minimum absolute atomic E-state index is 0.0325. The van der Waals surface area contributed by atoms with Crippen LogP contribution in [0.5, 0.6) is 5.75 Å². The van der Waals surface area contributed by atoms with E-state index in [9.17, 15) is 4.79 Å². The molecule has 34 heavy (non-hydrogen) atoms. The van der Waals surface area contributed by atoms with Crippen molar-refractivity contribution in [2.24, 2.45) is 0 Å². The van der Waals surface area contributed by atoms with E-state index in [1.807, 2.05) is 24.3 Å². The number of ether oxygens (including phenoxy) is 1. The highest BCUT2D eigenvalue weighted by atomic mass is 16.5. The molecule has 0 bridgehead atoms. The van der Waals surface area contributed by atoms with Crippen molar-refractivity contribution in [3.63, 3.8) is 0 Å². The zero-order valence-electron chi connectivity index (χ0n) is 20.2. The Balaban J connectivity index is 1.22. The highest BCUT2D eigenvalue weighted by Gasteiger charge is 2.25. The Kier molecular flexibility index (Phi) is 8.31. The third-order valence-corrected chi connectivity index (χ3v) is 6.68. The summed E-state index contributed by atoms with van der Waals surface area (Å²) in [5.74, 6) is 0.997. The van der Waals surface area contributed by atoms with E-state index in [4.69, 9.17) is 4.74 Å². The van der Waals surface area contributed by atoms with Crippen molar-refractivity contribution in [2.75, 3.05) is 26.7 Å². The van der Waals surface area contributed by atoms with Crippen LogP contribution >= 0.6 is 0 Å². The lowest BCUT2D eigenvalue weighted by molar-refractivity contribution is 0.0952. The molecular formula is C27H35N5O2. The molecule has 3 aromatic rings. The molecule has 7 nitrogen and oxygen atoms in total. The summed E-state index contributed by atoms with van der Waals surface area (Å²) in [5.41, 5.74) is 5.18. The summed E-state index contributed by atoms with van der Waals surface area (Å²) in [6.45, 7) is 5.13. The molecule has 1 amide bonds. The van der Waals surface area contributed by atoms with Crippen molar-refractivity contribution in [2.45, 2.75) is 51.5 Å². The van der Waals surface area contributed by atoms with Gasteiger partial charge in [-0.25, -0.2) is 0 Å². The van der Waals surface area contributed by atoms with Gasteiger partial charge < -0.3 is 15.0 Å². The van der Waals surface area contributed by atoms with E-state index >= 15 is 0 Å². The number of nitrogens with zero attached hydrogens (tertiary/aromatic N) is 3. The largest absolute Gasteiger partial charge is 0.496 e. The smallest absolute Gasteiger partial charge is 0.251 e. The third kappa shape index (κ3) is 5.83. The van der Waals surface area contributed by atoms with Gasteiger partial charge in [0.1, 0.15) is 11.4 Å². The Morgan fingerprint density at radius 3 is 2.76 bits per heavy atom. The van der Waals surface area contributed by atoms with E-state index < -0.39 is 0 Å². The molecule has 0 saturated carbocycles. The van der Waals surface area contributed by atoms with Gasteiger partial charge in [-0.2, -0.15) is 15.4 Å². The second-order valence-corrected chi connectivity index (χ2v) is 8.93. The van der Waals surface area contributed by atoms with Crippen molar-refractivity contribution >= 4 is 5.91 Å². The van der Waals surface area contributed by atoms with Gasteiger partial charge in [-0.1, -0.05) is 31.2 Å². The molecule has 0 fully saturated rings. The number of carbonyl (C=O) groups excluding carboxylic acids is 1. The summed E-state index contributed by atoms with van der Waals surface area (Å²) in [5, 5.41) is 13.5. The number of carbonyl (C=O) groups is 1. The van der Waals surface area contributed by atoms with Crippen molar-refractivity contribution in [1.82, 2.24) is 25.6 Å². The highest BCUT2D eigenvalue weighted by Crippen LogP contribution is 2.31. The van der Waals surface area contributed by atoms with Crippen LogP contribution in [0.1, 0.15) is 54.1 Å². The van der Waals surface area contributed by atoms with Gasteiger partial charge in [0.25, 0.3) is 5.91 Å². The van der Waals surface area contributed by atoms with E-state index in [0.29, 0.717) is 18.2 Å². The van der Waals surface area contributed by atoms with Crippen LogP contribution in [0.3, 0.4) is 0 Å². The van der Waals surface area contributed by atoms with Gasteiger partial charge in [0.15, 0.2) is 0 Å². The number of H-pyrrole nitrogens is 1. The number of rotatable bonds is 11. The topological polar surface area (TPSA) is 83.1 Å². The maximum absolute atomic E-state index is 12.5. The average Bonchev–Trinajstić information content (AvgIpc) is 3.42. The van der Waals surface area contributed by atoms with Crippen LogP contribution in [-0.4, -0.2) is 59.0 Å². The summed E-state index contributed by atoms with van der Waals surface area (Å²) in [6.07, 6.45) is 8.22. The fraction of sp³-hybridized carbons (Fsp3) is 0.444. The minimum atomic E-state index is -0.0325. The summed E-state index contributed by atoms with van der Waals surface area (Å²) in [7, 11) is 1.76. The van der Waals surface area contributed by atoms with Gasteiger partial charge in [-0.15, -0.1) is 0 Å². The number of amides is 1. The van der Waals surface area contributed by atoms with Crippen molar-refractivity contribution in [3.05, 3.63) is 65.4 Å². The zero-order chi connectivity index (χ0) is 23.8. The molecular weight excluding hydrogens is 426 g/mol. The van der Waals surface area contributed by atoms with Gasteiger partial charge in [0.2, 0.25) is 0 Å². The quantitative estimate of drug-likeness (QED) is 0.417. The number of hydrogen-bond acceptors (Lipinski definition) is 5. The molecule has 4 rings (SSSR count). The van der Waals surface area contributed by atoms with Gasteiger partial charge in [0, 0.05) is 23.7 Å². The standard InChI is InChI=1S/C27H35N5O2/c1-3-16-32(23-13-14-24-22(18-23)7-6-8-26(24)34-2)17-5-4-15-28-27(33)21-11-9-20(10-12-21)25-19-29-31-30-25/h6-12,19,23H,3-5,13-18H2,1-2H3,(H,28,33)(H,29,30,31). The van der Waals surface area contributed by atoms with Crippen LogP contribution < -0.4 is 10.1 Å². The molecule has 1 aliphatic rings. The average molecular weight is 462 g/mol. The van der Waals surface area contributed by atoms with Crippen molar-refractivity contribution < 1.29 is 9.53 Å². The second-order valence-electron chi connectivity index (χ2n) is 8.93. The van der Waals surface area contributed by atoms with E-state index in [1.54, 1.807) is 13.3 Å². The van der Waals surface area contributed by atoms with E-state index in [0.717, 1.165) is 62.2 Å². The lowest BCUT2D eigenvalue weighted by Gasteiger charge is -2.35. The molecule has 180 valence electrons. The first-order chi connectivity index (χ1) is 16.7. The second kappa shape index (κ2) is 11.8. The first-order valence-electron chi connectivity index (χ1n) is 12.3. The SMILES string of the molecule is CCCN(CCCCNC(=O)c1ccc(-c2cn[nH]n2)cc1)C1CCc2c(cccc2OC)C1. The number of nitrogens with one attached hydrogen (secondary N) is 2. The summed E-state index contributed by atoms with van der Waals surface area (Å²) < 4.78 is 5.57. The van der Waals surface area contributed by atoms with Crippen molar-refractivity contribution in [3.8, 4) is 17.0 Å². The molecule has 0 spiro atoms. The molecule has 2 aromatic carbocycles. The Hall–Kier alpha value is -3.19. The number of aromatic nitrogens is 3. The fourth-order valence-electron chi connectivity index (χ4n) is 4.90. The molecule has 2 N–H and O–H groups in total. The lowest BCUT2D eigenvalue weighted by Crippen LogP contribution is -2.40. The van der Waals surface area contributed by atoms with E-state index in [1.165, 1.54) is 17.5 Å². The number of unbranched alkanes of at least 4 members (excludes halogenated alkanes) is 1. The van der Waals surface area contributed by atoms with E-state index in [2.05, 4.69) is 50.8 Å². The Morgan fingerprint density at radius 1 is 1.18 bits per heavy atom. The van der Waals surface area contributed by atoms with Crippen LogP contribution in [0.25, 0.3) is 11.3 Å². The van der Waals surface area contributed by atoms with E-state index in [-0.39, 0.29) is 5.91 Å². The molecule has 0 saturated heterocycles. The summed E-state index contributed by atoms with van der Waals surface area (Å²) >= 11 is 0. The lowest BCUT2D eigenvalue weighted by atomic mass is 9.86.